The standard InChI is InChI=1S/C17H15NO4/c19-17(14-5-4-12-2-1-3-13(12)10-14)11-22-16-8-6-15(7-9-16)18(20)21/h4-10H,1-3,11H2. The molecule has 0 amide bonds. The largest absolute Gasteiger partial charge is 0.485 e. The average Bonchev–Trinajstić information content (AvgIpc) is 3.00. The highest BCUT2D eigenvalue weighted by molar-refractivity contribution is 5.97. The van der Waals surface area contributed by atoms with Crippen LogP contribution < -0.4 is 4.74 Å². The third-order valence-electron chi connectivity index (χ3n) is 3.84. The van der Waals surface area contributed by atoms with Crippen LogP contribution >= 0.6 is 0 Å². The minimum Gasteiger partial charge on any atom is -0.485 e. The summed E-state index contributed by atoms with van der Waals surface area (Å²) in [5, 5.41) is 10.6. The zero-order chi connectivity index (χ0) is 15.5. The maximum absolute atomic E-state index is 12.2. The topological polar surface area (TPSA) is 69.4 Å². The molecule has 1 aliphatic carbocycles. The minimum atomic E-state index is -0.473. The summed E-state index contributed by atoms with van der Waals surface area (Å²) in [6, 6.07) is 11.5. The van der Waals surface area contributed by atoms with E-state index in [9.17, 15) is 14.9 Å². The molecule has 3 rings (SSSR count). The molecule has 0 bridgehead atoms. The van der Waals surface area contributed by atoms with E-state index in [-0.39, 0.29) is 18.1 Å². The normalized spacial score (nSPS) is 12.7. The lowest BCUT2D eigenvalue weighted by Crippen LogP contribution is -2.12. The lowest BCUT2D eigenvalue weighted by Gasteiger charge is -2.07. The Bertz CT molecular complexity index is 722. The summed E-state index contributed by atoms with van der Waals surface area (Å²) in [7, 11) is 0. The number of ketones is 1. The molecule has 0 unspecified atom stereocenters. The third kappa shape index (κ3) is 2.98. The van der Waals surface area contributed by atoms with Gasteiger partial charge < -0.3 is 4.74 Å². The third-order valence-corrected chi connectivity index (χ3v) is 3.84. The number of fused-ring (bicyclic) bond motifs is 1. The van der Waals surface area contributed by atoms with Crippen molar-refractivity contribution in [2.75, 3.05) is 6.61 Å². The molecule has 0 heterocycles. The predicted octanol–water partition coefficient (Wildman–Crippen LogP) is 3.35. The molecule has 2 aromatic rings. The molecule has 0 radical (unpaired) electrons. The number of ether oxygens (including phenoxy) is 1. The van der Waals surface area contributed by atoms with E-state index in [0.29, 0.717) is 11.3 Å². The monoisotopic (exact) mass is 297 g/mol. The molecule has 0 atom stereocenters. The van der Waals surface area contributed by atoms with Crippen LogP contribution in [0, 0.1) is 10.1 Å². The summed E-state index contributed by atoms with van der Waals surface area (Å²) in [6.07, 6.45) is 3.26. The second-order valence-corrected chi connectivity index (χ2v) is 5.30. The Labute approximate surface area is 127 Å². The van der Waals surface area contributed by atoms with Crippen LogP contribution in [0.5, 0.6) is 5.75 Å². The smallest absolute Gasteiger partial charge is 0.269 e. The van der Waals surface area contributed by atoms with Crippen LogP contribution in [-0.2, 0) is 12.8 Å². The van der Waals surface area contributed by atoms with E-state index in [2.05, 4.69) is 0 Å². The van der Waals surface area contributed by atoms with Gasteiger partial charge in [-0.1, -0.05) is 12.1 Å². The second kappa shape index (κ2) is 5.97. The SMILES string of the molecule is O=C(COc1ccc([N+](=O)[O-])cc1)c1ccc2c(c1)CCC2. The number of benzene rings is 2. The van der Waals surface area contributed by atoms with E-state index < -0.39 is 4.92 Å². The summed E-state index contributed by atoms with van der Waals surface area (Å²) < 4.78 is 5.40. The van der Waals surface area contributed by atoms with E-state index in [1.165, 1.54) is 35.4 Å². The molecular weight excluding hydrogens is 282 g/mol. The highest BCUT2D eigenvalue weighted by Crippen LogP contribution is 2.23. The fraction of sp³-hybridized carbons (Fsp3) is 0.235. The van der Waals surface area contributed by atoms with E-state index in [4.69, 9.17) is 4.74 Å². The molecule has 5 heteroatoms. The first kappa shape index (κ1) is 14.3. The number of hydrogen-bond donors (Lipinski definition) is 0. The number of hydrogen-bond acceptors (Lipinski definition) is 4. The summed E-state index contributed by atoms with van der Waals surface area (Å²) in [6.45, 7) is -0.0728. The van der Waals surface area contributed by atoms with Gasteiger partial charge in [0.05, 0.1) is 4.92 Å². The van der Waals surface area contributed by atoms with Gasteiger partial charge in [-0.15, -0.1) is 0 Å². The van der Waals surface area contributed by atoms with Crippen LogP contribution in [0.4, 0.5) is 5.69 Å². The van der Waals surface area contributed by atoms with Crippen molar-refractivity contribution < 1.29 is 14.5 Å². The fourth-order valence-electron chi connectivity index (χ4n) is 2.64. The number of nitro benzene ring substituents is 1. The molecular formula is C17H15NO4. The second-order valence-electron chi connectivity index (χ2n) is 5.30. The minimum absolute atomic E-state index is 0.00250. The summed E-state index contributed by atoms with van der Waals surface area (Å²) in [5.41, 5.74) is 3.23. The molecule has 1 aliphatic rings. The van der Waals surface area contributed by atoms with Gasteiger partial charge in [0, 0.05) is 17.7 Å². The predicted molar refractivity (Wildman–Crippen MR) is 81.4 cm³/mol. The number of nitro groups is 1. The fourth-order valence-corrected chi connectivity index (χ4v) is 2.64. The van der Waals surface area contributed by atoms with Crippen molar-refractivity contribution in [2.45, 2.75) is 19.3 Å². The maximum Gasteiger partial charge on any atom is 0.269 e. The van der Waals surface area contributed by atoms with Crippen molar-refractivity contribution >= 4 is 11.5 Å². The van der Waals surface area contributed by atoms with E-state index in [1.807, 2.05) is 18.2 Å². The molecule has 0 saturated heterocycles. The van der Waals surface area contributed by atoms with Crippen molar-refractivity contribution in [1.29, 1.82) is 0 Å². The first-order chi connectivity index (χ1) is 10.6. The molecule has 0 N–H and O–H groups in total. The van der Waals surface area contributed by atoms with Crippen molar-refractivity contribution in [1.82, 2.24) is 0 Å². The zero-order valence-corrected chi connectivity index (χ0v) is 12.0. The Morgan fingerprint density at radius 2 is 1.82 bits per heavy atom. The Morgan fingerprint density at radius 3 is 2.55 bits per heavy atom. The molecule has 112 valence electrons. The van der Waals surface area contributed by atoms with Gasteiger partial charge in [-0.2, -0.15) is 0 Å². The molecule has 0 aliphatic heterocycles. The van der Waals surface area contributed by atoms with Crippen LogP contribution in [0.3, 0.4) is 0 Å². The Kier molecular flexibility index (Phi) is 3.87. The number of aryl methyl sites for hydroxylation is 2. The molecule has 2 aromatic carbocycles. The number of carbonyl (C=O) groups is 1. The van der Waals surface area contributed by atoms with Gasteiger partial charge in [-0.3, -0.25) is 14.9 Å². The maximum atomic E-state index is 12.2. The number of nitrogens with zero attached hydrogens (tertiary/aromatic N) is 1. The lowest BCUT2D eigenvalue weighted by molar-refractivity contribution is -0.384. The van der Waals surface area contributed by atoms with E-state index in [1.54, 1.807) is 0 Å². The quantitative estimate of drug-likeness (QED) is 0.482. The summed E-state index contributed by atoms with van der Waals surface area (Å²) >= 11 is 0. The molecule has 0 aromatic heterocycles. The van der Waals surface area contributed by atoms with Crippen LogP contribution in [0.2, 0.25) is 0 Å². The van der Waals surface area contributed by atoms with Crippen molar-refractivity contribution in [3.63, 3.8) is 0 Å². The highest BCUT2D eigenvalue weighted by atomic mass is 16.6. The van der Waals surface area contributed by atoms with E-state index >= 15 is 0 Å². The van der Waals surface area contributed by atoms with Gasteiger partial charge in [-0.05, 0) is 48.6 Å². The number of carbonyl (C=O) groups excluding carboxylic acids is 1. The summed E-state index contributed by atoms with van der Waals surface area (Å²) in [5.74, 6) is 0.355. The Balaban J connectivity index is 1.63. The van der Waals surface area contributed by atoms with Gasteiger partial charge in [0.2, 0.25) is 0 Å². The number of Topliss-reactive ketones (excluding diaryl/α,β-unsaturated/α-hetero) is 1. The molecule has 0 saturated carbocycles. The van der Waals surface area contributed by atoms with Gasteiger partial charge in [-0.25, -0.2) is 0 Å². The molecule has 22 heavy (non-hydrogen) atoms. The van der Waals surface area contributed by atoms with E-state index in [0.717, 1.165) is 19.3 Å². The Morgan fingerprint density at radius 1 is 1.09 bits per heavy atom. The van der Waals surface area contributed by atoms with Crippen molar-refractivity contribution in [3.8, 4) is 5.75 Å². The van der Waals surface area contributed by atoms with Crippen LogP contribution in [0.15, 0.2) is 42.5 Å². The number of rotatable bonds is 5. The molecule has 0 spiro atoms. The zero-order valence-electron chi connectivity index (χ0n) is 12.0. The first-order valence-electron chi connectivity index (χ1n) is 7.16. The van der Waals surface area contributed by atoms with Crippen molar-refractivity contribution in [3.05, 3.63) is 69.3 Å². The van der Waals surface area contributed by atoms with Crippen LogP contribution in [0.25, 0.3) is 0 Å². The van der Waals surface area contributed by atoms with Crippen LogP contribution in [0.1, 0.15) is 27.9 Å². The highest BCUT2D eigenvalue weighted by Gasteiger charge is 2.14. The molecule has 0 fully saturated rings. The van der Waals surface area contributed by atoms with Crippen molar-refractivity contribution in [2.24, 2.45) is 0 Å². The Hall–Kier alpha value is -2.69. The van der Waals surface area contributed by atoms with Gasteiger partial charge in [0.1, 0.15) is 5.75 Å². The molecule has 5 nitrogen and oxygen atoms in total. The van der Waals surface area contributed by atoms with Gasteiger partial charge in [0.15, 0.2) is 12.4 Å². The summed E-state index contributed by atoms with van der Waals surface area (Å²) in [4.78, 5) is 22.3. The number of non-ortho nitro benzene ring substituents is 1. The van der Waals surface area contributed by atoms with Crippen LogP contribution in [-0.4, -0.2) is 17.3 Å². The van der Waals surface area contributed by atoms with Gasteiger partial charge in [0.25, 0.3) is 5.69 Å². The average molecular weight is 297 g/mol. The lowest BCUT2D eigenvalue weighted by atomic mass is 10.0. The first-order valence-corrected chi connectivity index (χ1v) is 7.16. The van der Waals surface area contributed by atoms with Gasteiger partial charge >= 0.3 is 0 Å².